The van der Waals surface area contributed by atoms with E-state index in [2.05, 4.69) is 10.1 Å². The van der Waals surface area contributed by atoms with Crippen LogP contribution in [0.3, 0.4) is 0 Å². The van der Waals surface area contributed by atoms with E-state index in [1.54, 1.807) is 26.0 Å². The summed E-state index contributed by atoms with van der Waals surface area (Å²) in [7, 11) is -3.89. The Morgan fingerprint density at radius 2 is 1.76 bits per heavy atom. The molecular weight excluding hydrogens is 465 g/mol. The van der Waals surface area contributed by atoms with Crippen molar-refractivity contribution in [3.8, 4) is 11.4 Å². The number of sulfonamides is 1. The van der Waals surface area contributed by atoms with Crippen LogP contribution in [0.15, 0.2) is 45.8 Å². The van der Waals surface area contributed by atoms with Crippen LogP contribution in [0.1, 0.15) is 30.0 Å². The predicted molar refractivity (Wildman–Crippen MR) is 121 cm³/mol. The van der Waals surface area contributed by atoms with Crippen LogP contribution < -0.4 is 0 Å². The number of piperazine rings is 1. The van der Waals surface area contributed by atoms with Crippen molar-refractivity contribution < 1.29 is 22.3 Å². The summed E-state index contributed by atoms with van der Waals surface area (Å²) < 4.78 is 46.9. The third kappa shape index (κ3) is 4.56. The van der Waals surface area contributed by atoms with Gasteiger partial charge in [-0.1, -0.05) is 23.4 Å². The molecule has 0 N–H and O–H groups in total. The highest BCUT2D eigenvalue weighted by Gasteiger charge is 2.33. The molecule has 0 radical (unpaired) electrons. The second-order valence-electron chi connectivity index (χ2n) is 8.24. The third-order valence-electron chi connectivity index (χ3n) is 6.05. The van der Waals surface area contributed by atoms with E-state index in [0.717, 1.165) is 6.07 Å². The minimum Gasteiger partial charge on any atom is -0.337 e. The number of aryl methyl sites for hydroxylation is 2. The molecule has 1 fully saturated rings. The quantitative estimate of drug-likeness (QED) is 0.381. The van der Waals surface area contributed by atoms with E-state index in [0.29, 0.717) is 35.7 Å². The summed E-state index contributed by atoms with van der Waals surface area (Å²) in [4.78, 5) is 16.8. The predicted octanol–water partition coefficient (Wildman–Crippen LogP) is 3.47. The Hall–Kier alpha value is -3.22. The molecule has 4 rings (SSSR count). The van der Waals surface area contributed by atoms with Gasteiger partial charge < -0.3 is 4.52 Å². The lowest BCUT2D eigenvalue weighted by Gasteiger charge is -2.36. The number of rotatable bonds is 6. The highest BCUT2D eigenvalue weighted by Crippen LogP contribution is 2.28. The van der Waals surface area contributed by atoms with Crippen LogP contribution in [0, 0.1) is 29.8 Å². The first-order chi connectivity index (χ1) is 16.1. The summed E-state index contributed by atoms with van der Waals surface area (Å²) in [6.07, 6.45) is 0. The van der Waals surface area contributed by atoms with Crippen molar-refractivity contribution in [2.45, 2.75) is 31.7 Å². The molecule has 0 spiro atoms. The number of nitro groups is 1. The number of non-ortho nitro benzene ring substituents is 1. The van der Waals surface area contributed by atoms with Crippen LogP contribution in [0.4, 0.5) is 10.1 Å². The Bertz CT molecular complexity index is 1340. The maximum Gasteiger partial charge on any atom is 0.270 e. The molecule has 12 heteroatoms. The first kappa shape index (κ1) is 23.9. The fourth-order valence-electron chi connectivity index (χ4n) is 3.86. The van der Waals surface area contributed by atoms with Crippen LogP contribution in [0.25, 0.3) is 11.4 Å². The van der Waals surface area contributed by atoms with Crippen LogP contribution in [0.2, 0.25) is 0 Å². The minimum absolute atomic E-state index is 0.0601. The molecule has 0 bridgehead atoms. The van der Waals surface area contributed by atoms with E-state index in [1.165, 1.54) is 22.5 Å². The van der Waals surface area contributed by atoms with Crippen molar-refractivity contribution in [2.24, 2.45) is 0 Å². The summed E-state index contributed by atoms with van der Waals surface area (Å²) in [5.74, 6) is 0.276. The molecule has 1 saturated heterocycles. The van der Waals surface area contributed by atoms with Crippen molar-refractivity contribution in [1.29, 1.82) is 0 Å². The highest BCUT2D eigenvalue weighted by atomic mass is 32.2. The number of nitro benzene ring substituents is 1. The van der Waals surface area contributed by atoms with Gasteiger partial charge in [0.2, 0.25) is 21.7 Å². The molecule has 1 atom stereocenters. The standard InChI is InChI=1S/C22H24FN5O5S/c1-14-4-6-17(12-19(14)23)21-24-22(33-25-21)16(3)26-8-10-27(11-9-26)34(31,32)20-13-18(28(29)30)7-5-15(20)2/h4-7,12-13,16H,8-11H2,1-3H3. The molecule has 2 aromatic carbocycles. The monoisotopic (exact) mass is 489 g/mol. The van der Waals surface area contributed by atoms with E-state index < -0.39 is 14.9 Å². The van der Waals surface area contributed by atoms with Crippen molar-refractivity contribution in [3.63, 3.8) is 0 Å². The largest absolute Gasteiger partial charge is 0.337 e. The molecule has 3 aromatic rings. The van der Waals surface area contributed by atoms with Gasteiger partial charge in [0, 0.05) is 43.9 Å². The fraction of sp³-hybridized carbons (Fsp3) is 0.364. The van der Waals surface area contributed by atoms with Gasteiger partial charge >= 0.3 is 0 Å². The molecule has 34 heavy (non-hydrogen) atoms. The summed E-state index contributed by atoms with van der Waals surface area (Å²) >= 11 is 0. The number of halogens is 1. The van der Waals surface area contributed by atoms with Gasteiger partial charge in [-0.2, -0.15) is 9.29 Å². The first-order valence-electron chi connectivity index (χ1n) is 10.7. The van der Waals surface area contributed by atoms with Crippen molar-refractivity contribution in [2.75, 3.05) is 26.2 Å². The second kappa shape index (κ2) is 9.20. The molecular formula is C22H24FN5O5S. The van der Waals surface area contributed by atoms with Crippen LogP contribution in [-0.4, -0.2) is 58.9 Å². The Kier molecular flexibility index (Phi) is 6.47. The molecule has 10 nitrogen and oxygen atoms in total. The van der Waals surface area contributed by atoms with E-state index in [4.69, 9.17) is 4.52 Å². The third-order valence-corrected chi connectivity index (χ3v) is 8.09. The molecule has 2 heterocycles. The van der Waals surface area contributed by atoms with Gasteiger partial charge in [-0.3, -0.25) is 15.0 Å². The molecule has 0 amide bonds. The zero-order valence-electron chi connectivity index (χ0n) is 18.9. The molecule has 1 aromatic heterocycles. The second-order valence-corrected chi connectivity index (χ2v) is 10.1. The number of hydrogen-bond acceptors (Lipinski definition) is 8. The highest BCUT2D eigenvalue weighted by molar-refractivity contribution is 7.89. The number of nitrogens with zero attached hydrogens (tertiary/aromatic N) is 5. The zero-order chi connectivity index (χ0) is 24.6. The summed E-state index contributed by atoms with van der Waals surface area (Å²) in [5, 5.41) is 15.1. The van der Waals surface area contributed by atoms with E-state index in [9.17, 15) is 22.9 Å². The van der Waals surface area contributed by atoms with Crippen molar-refractivity contribution in [1.82, 2.24) is 19.3 Å². The maximum absolute atomic E-state index is 13.9. The summed E-state index contributed by atoms with van der Waals surface area (Å²) in [6.45, 7) is 6.39. The lowest BCUT2D eigenvalue weighted by Crippen LogP contribution is -2.49. The number of benzene rings is 2. The van der Waals surface area contributed by atoms with Crippen molar-refractivity contribution >= 4 is 15.7 Å². The Labute approximate surface area is 196 Å². The molecule has 0 aliphatic carbocycles. The van der Waals surface area contributed by atoms with Gasteiger partial charge in [-0.25, -0.2) is 12.8 Å². The van der Waals surface area contributed by atoms with Gasteiger partial charge in [0.05, 0.1) is 15.9 Å². The fourth-order valence-corrected chi connectivity index (χ4v) is 5.53. The van der Waals surface area contributed by atoms with Crippen LogP contribution in [0.5, 0.6) is 0 Å². The van der Waals surface area contributed by atoms with Crippen molar-refractivity contribution in [3.05, 3.63) is 69.3 Å². The van der Waals surface area contributed by atoms with Gasteiger partial charge in [0.15, 0.2) is 0 Å². The molecule has 0 saturated carbocycles. The van der Waals surface area contributed by atoms with Crippen LogP contribution >= 0.6 is 0 Å². The topological polar surface area (TPSA) is 123 Å². The molecule has 1 aliphatic heterocycles. The average Bonchev–Trinajstić information content (AvgIpc) is 3.31. The van der Waals surface area contributed by atoms with E-state index in [1.807, 2.05) is 11.8 Å². The Morgan fingerprint density at radius 1 is 1.09 bits per heavy atom. The zero-order valence-corrected chi connectivity index (χ0v) is 19.7. The molecule has 180 valence electrons. The molecule has 1 unspecified atom stereocenters. The normalized spacial score (nSPS) is 16.5. The van der Waals surface area contributed by atoms with E-state index in [-0.39, 0.29) is 41.4 Å². The lowest BCUT2D eigenvalue weighted by molar-refractivity contribution is -0.385. The van der Waals surface area contributed by atoms with E-state index >= 15 is 0 Å². The van der Waals surface area contributed by atoms with Gasteiger partial charge in [-0.15, -0.1) is 0 Å². The van der Waals surface area contributed by atoms with Gasteiger partial charge in [0.25, 0.3) is 5.69 Å². The Balaban J connectivity index is 1.46. The Morgan fingerprint density at radius 3 is 2.41 bits per heavy atom. The lowest BCUT2D eigenvalue weighted by atomic mass is 10.1. The first-order valence-corrected chi connectivity index (χ1v) is 12.1. The SMILES string of the molecule is Cc1ccc(-c2noc(C(C)N3CCN(S(=O)(=O)c4cc([N+](=O)[O-])ccc4C)CC3)n2)cc1F. The summed E-state index contributed by atoms with van der Waals surface area (Å²) in [6, 6.07) is 8.28. The van der Waals surface area contributed by atoms with Crippen LogP contribution in [-0.2, 0) is 10.0 Å². The smallest absolute Gasteiger partial charge is 0.270 e. The molecule has 1 aliphatic rings. The van der Waals surface area contributed by atoms with Gasteiger partial charge in [-0.05, 0) is 38.0 Å². The number of hydrogen-bond donors (Lipinski definition) is 0. The summed E-state index contributed by atoms with van der Waals surface area (Å²) in [5.41, 5.74) is 1.21. The van der Waals surface area contributed by atoms with Gasteiger partial charge in [0.1, 0.15) is 5.82 Å². The average molecular weight is 490 g/mol. The minimum atomic E-state index is -3.89. The maximum atomic E-state index is 13.9. The number of aromatic nitrogens is 2.